The third-order valence-electron chi connectivity index (χ3n) is 4.49. The largest absolute Gasteiger partial charge is 0.497 e. The minimum atomic E-state index is -0.762. The first kappa shape index (κ1) is 18.0. The van der Waals surface area contributed by atoms with Gasteiger partial charge in [-0.05, 0) is 47.9 Å². The molecule has 0 saturated heterocycles. The van der Waals surface area contributed by atoms with Crippen molar-refractivity contribution in [2.45, 2.75) is 5.60 Å². The number of methoxy groups -OCH3 is 2. The van der Waals surface area contributed by atoms with Gasteiger partial charge in [0.2, 0.25) is 0 Å². The van der Waals surface area contributed by atoms with E-state index < -0.39 is 5.60 Å². The maximum atomic E-state index is 6.34. The molecular formula is C23H23O3. The van der Waals surface area contributed by atoms with Gasteiger partial charge in [0.1, 0.15) is 17.1 Å². The molecule has 0 amide bonds. The molecule has 3 aromatic rings. The molecular weight excluding hydrogens is 324 g/mol. The molecule has 0 aliphatic heterocycles. The van der Waals surface area contributed by atoms with E-state index in [9.17, 15) is 0 Å². The Morgan fingerprint density at radius 2 is 1.08 bits per heavy atom. The molecule has 0 aromatic heterocycles. The Bertz CT molecular complexity index is 761. The summed E-state index contributed by atoms with van der Waals surface area (Å²) in [6.45, 7) is 4.27. The van der Waals surface area contributed by atoms with E-state index in [-0.39, 0.29) is 0 Å². The van der Waals surface area contributed by atoms with Gasteiger partial charge in [-0.25, -0.2) is 0 Å². The SMILES string of the molecule is [CH2]COC(c1ccccc1)(c1ccc(OC)cc1)c1ccc(OC)cc1. The molecule has 0 fully saturated rings. The van der Waals surface area contributed by atoms with Crippen molar-refractivity contribution in [1.29, 1.82) is 0 Å². The summed E-state index contributed by atoms with van der Waals surface area (Å²) < 4.78 is 17.0. The van der Waals surface area contributed by atoms with Crippen molar-refractivity contribution in [1.82, 2.24) is 0 Å². The molecule has 0 heterocycles. The number of hydrogen-bond acceptors (Lipinski definition) is 3. The van der Waals surface area contributed by atoms with Crippen LogP contribution in [-0.2, 0) is 10.3 Å². The van der Waals surface area contributed by atoms with Crippen LogP contribution in [0.3, 0.4) is 0 Å². The van der Waals surface area contributed by atoms with Crippen LogP contribution in [0.2, 0.25) is 0 Å². The monoisotopic (exact) mass is 347 g/mol. The molecule has 0 atom stereocenters. The Morgan fingerprint density at radius 1 is 0.654 bits per heavy atom. The molecule has 0 N–H and O–H groups in total. The lowest BCUT2D eigenvalue weighted by molar-refractivity contribution is 0.0309. The van der Waals surface area contributed by atoms with Crippen LogP contribution in [0.1, 0.15) is 16.7 Å². The summed E-state index contributed by atoms with van der Waals surface area (Å²) in [5.41, 5.74) is 2.30. The van der Waals surface area contributed by atoms with Gasteiger partial charge in [0, 0.05) is 6.61 Å². The van der Waals surface area contributed by atoms with Crippen LogP contribution in [0.15, 0.2) is 78.9 Å². The van der Waals surface area contributed by atoms with E-state index in [0.717, 1.165) is 28.2 Å². The number of hydrogen-bond donors (Lipinski definition) is 0. The lowest BCUT2D eigenvalue weighted by Crippen LogP contribution is -2.33. The number of ether oxygens (including phenoxy) is 3. The van der Waals surface area contributed by atoms with Crippen LogP contribution in [-0.4, -0.2) is 20.8 Å². The van der Waals surface area contributed by atoms with Crippen molar-refractivity contribution < 1.29 is 14.2 Å². The summed E-state index contributed by atoms with van der Waals surface area (Å²) in [4.78, 5) is 0. The zero-order chi connectivity index (χ0) is 18.4. The molecule has 3 heteroatoms. The lowest BCUT2D eigenvalue weighted by atomic mass is 9.80. The van der Waals surface area contributed by atoms with Crippen LogP contribution >= 0.6 is 0 Å². The van der Waals surface area contributed by atoms with E-state index >= 15 is 0 Å². The lowest BCUT2D eigenvalue weighted by Gasteiger charge is -2.35. The molecule has 1 radical (unpaired) electrons. The molecule has 0 saturated carbocycles. The van der Waals surface area contributed by atoms with Crippen molar-refractivity contribution in [3.8, 4) is 11.5 Å². The van der Waals surface area contributed by atoms with E-state index in [1.165, 1.54) is 0 Å². The first-order chi connectivity index (χ1) is 12.7. The summed E-state index contributed by atoms with van der Waals surface area (Å²) in [6, 6.07) is 26.1. The zero-order valence-corrected chi connectivity index (χ0v) is 15.1. The van der Waals surface area contributed by atoms with Crippen LogP contribution in [0.5, 0.6) is 11.5 Å². The van der Waals surface area contributed by atoms with Gasteiger partial charge in [-0.3, -0.25) is 0 Å². The molecule has 0 bridgehead atoms. The van der Waals surface area contributed by atoms with Crippen molar-refractivity contribution in [2.75, 3.05) is 20.8 Å². The highest BCUT2D eigenvalue weighted by Crippen LogP contribution is 2.41. The van der Waals surface area contributed by atoms with Crippen LogP contribution < -0.4 is 9.47 Å². The summed E-state index contributed by atoms with van der Waals surface area (Å²) >= 11 is 0. The second-order valence-corrected chi connectivity index (χ2v) is 5.85. The van der Waals surface area contributed by atoms with Gasteiger partial charge in [-0.2, -0.15) is 0 Å². The van der Waals surface area contributed by atoms with Crippen molar-refractivity contribution in [3.63, 3.8) is 0 Å². The summed E-state index contributed by atoms with van der Waals surface area (Å²) in [5, 5.41) is 0. The van der Waals surface area contributed by atoms with Crippen LogP contribution in [0, 0.1) is 6.92 Å². The average Bonchev–Trinajstić information content (AvgIpc) is 2.73. The fourth-order valence-electron chi connectivity index (χ4n) is 3.23. The minimum Gasteiger partial charge on any atom is -0.497 e. The van der Waals surface area contributed by atoms with Crippen molar-refractivity contribution in [3.05, 3.63) is 102 Å². The first-order valence-electron chi connectivity index (χ1n) is 8.52. The zero-order valence-electron chi connectivity index (χ0n) is 15.1. The fourth-order valence-corrected chi connectivity index (χ4v) is 3.23. The second-order valence-electron chi connectivity index (χ2n) is 5.85. The second kappa shape index (κ2) is 8.07. The predicted molar refractivity (Wildman–Crippen MR) is 104 cm³/mol. The third-order valence-corrected chi connectivity index (χ3v) is 4.49. The van der Waals surface area contributed by atoms with Gasteiger partial charge < -0.3 is 14.2 Å². The Hall–Kier alpha value is -2.78. The molecule has 3 aromatic carbocycles. The maximum Gasteiger partial charge on any atom is 0.143 e. The van der Waals surface area contributed by atoms with E-state index in [4.69, 9.17) is 14.2 Å². The standard InChI is InChI=1S/C23H23O3/c1-4-26-23(18-8-6-5-7-9-18,19-10-14-21(24-2)15-11-19)20-12-16-22(25-3)17-13-20/h5-17H,1,4H2,2-3H3. The Morgan fingerprint density at radius 3 is 1.46 bits per heavy atom. The van der Waals surface area contributed by atoms with Gasteiger partial charge in [0.25, 0.3) is 0 Å². The molecule has 0 aliphatic rings. The quantitative estimate of drug-likeness (QED) is 0.572. The van der Waals surface area contributed by atoms with Gasteiger partial charge >= 0.3 is 0 Å². The molecule has 0 aliphatic carbocycles. The van der Waals surface area contributed by atoms with E-state index in [0.29, 0.717) is 6.61 Å². The summed E-state index contributed by atoms with van der Waals surface area (Å²) in [7, 11) is 3.32. The Balaban J connectivity index is 2.23. The number of rotatable bonds is 7. The van der Waals surface area contributed by atoms with Crippen LogP contribution in [0.4, 0.5) is 0 Å². The molecule has 0 unspecified atom stereocenters. The highest BCUT2D eigenvalue weighted by molar-refractivity contribution is 5.49. The average molecular weight is 347 g/mol. The van der Waals surface area contributed by atoms with Gasteiger partial charge in [-0.15, -0.1) is 0 Å². The Labute approximate surface area is 155 Å². The summed E-state index contributed by atoms with van der Waals surface area (Å²) in [6.07, 6.45) is 0. The minimum absolute atomic E-state index is 0.326. The fraction of sp³-hybridized carbons (Fsp3) is 0.174. The highest BCUT2D eigenvalue weighted by Gasteiger charge is 2.37. The van der Waals surface area contributed by atoms with Crippen LogP contribution in [0.25, 0.3) is 0 Å². The van der Waals surface area contributed by atoms with E-state index in [1.807, 2.05) is 66.7 Å². The van der Waals surface area contributed by atoms with Gasteiger partial charge in [0.15, 0.2) is 0 Å². The molecule has 3 nitrogen and oxygen atoms in total. The highest BCUT2D eigenvalue weighted by atomic mass is 16.5. The topological polar surface area (TPSA) is 27.7 Å². The third kappa shape index (κ3) is 3.31. The van der Waals surface area contributed by atoms with Crippen molar-refractivity contribution >= 4 is 0 Å². The maximum absolute atomic E-state index is 6.34. The molecule has 133 valence electrons. The van der Waals surface area contributed by atoms with Crippen molar-refractivity contribution in [2.24, 2.45) is 0 Å². The normalized spacial score (nSPS) is 11.2. The number of benzene rings is 3. The molecule has 0 spiro atoms. The smallest absolute Gasteiger partial charge is 0.143 e. The van der Waals surface area contributed by atoms with E-state index in [2.05, 4.69) is 19.1 Å². The van der Waals surface area contributed by atoms with Gasteiger partial charge in [0.05, 0.1) is 14.2 Å². The first-order valence-corrected chi connectivity index (χ1v) is 8.52. The molecule has 3 rings (SSSR count). The van der Waals surface area contributed by atoms with E-state index in [1.54, 1.807) is 14.2 Å². The summed E-state index contributed by atoms with van der Waals surface area (Å²) in [5.74, 6) is 1.61. The van der Waals surface area contributed by atoms with Gasteiger partial charge in [-0.1, -0.05) is 54.6 Å². The predicted octanol–water partition coefficient (Wildman–Crippen LogP) is 4.85. The molecule has 26 heavy (non-hydrogen) atoms. The Kier molecular flexibility index (Phi) is 5.59.